The van der Waals surface area contributed by atoms with Crippen LogP contribution in [0, 0.1) is 11.8 Å². The maximum Gasteiger partial charge on any atom is 0.259 e. The minimum absolute atomic E-state index is 0.00729. The fourth-order valence-corrected chi connectivity index (χ4v) is 4.15. The van der Waals surface area contributed by atoms with Crippen LogP contribution in [0.15, 0.2) is 18.3 Å². The number of nitrogens with zero attached hydrogens (tertiary/aromatic N) is 2. The number of aliphatic hydroxyl groups is 1. The highest BCUT2D eigenvalue weighted by molar-refractivity contribution is 5.96. The molecule has 0 unspecified atom stereocenters. The van der Waals surface area contributed by atoms with Crippen molar-refractivity contribution in [1.29, 1.82) is 0 Å². The molecule has 1 aromatic heterocycles. The molecule has 0 radical (unpaired) electrons. The van der Waals surface area contributed by atoms with Gasteiger partial charge in [-0.25, -0.2) is 4.98 Å². The number of carbonyl (C=O) groups is 1. The third-order valence-electron chi connectivity index (χ3n) is 5.39. The third kappa shape index (κ3) is 4.14. The Morgan fingerprint density at radius 3 is 2.88 bits per heavy atom. The van der Waals surface area contributed by atoms with E-state index in [4.69, 9.17) is 4.74 Å². The highest BCUT2D eigenvalue weighted by Crippen LogP contribution is 2.36. The predicted molar refractivity (Wildman–Crippen MR) is 96.6 cm³/mol. The fraction of sp³-hybridized carbons (Fsp3) is 0.700. The van der Waals surface area contributed by atoms with Crippen molar-refractivity contribution < 1.29 is 14.6 Å². The van der Waals surface area contributed by atoms with Gasteiger partial charge in [-0.05, 0) is 43.7 Å². The lowest BCUT2D eigenvalue weighted by Gasteiger charge is -2.37. The number of aliphatic hydroxyl groups excluding tert-OH is 1. The summed E-state index contributed by atoms with van der Waals surface area (Å²) in [6.45, 7) is 5.45. The minimum atomic E-state index is -0.280. The lowest BCUT2D eigenvalue weighted by atomic mass is 9.80. The summed E-state index contributed by atoms with van der Waals surface area (Å²) in [5.74, 6) is 1.00. The van der Waals surface area contributed by atoms with Gasteiger partial charge in [-0.2, -0.15) is 0 Å². The molecular weight excluding hydrogens is 316 g/mol. The predicted octanol–water partition coefficient (Wildman–Crippen LogP) is 3.27. The van der Waals surface area contributed by atoms with Gasteiger partial charge in [0.25, 0.3) is 5.91 Å². The highest BCUT2D eigenvalue weighted by atomic mass is 16.5. The largest absolute Gasteiger partial charge is 0.477 e. The number of hydrogen-bond donors (Lipinski definition) is 1. The van der Waals surface area contributed by atoms with Gasteiger partial charge < -0.3 is 14.7 Å². The maximum absolute atomic E-state index is 13.2. The number of carbonyl (C=O) groups excluding carboxylic acids is 1. The van der Waals surface area contributed by atoms with Gasteiger partial charge in [0.05, 0.1) is 12.7 Å². The van der Waals surface area contributed by atoms with E-state index >= 15 is 0 Å². The number of ether oxygens (including phenoxy) is 1. The molecule has 1 aromatic rings. The summed E-state index contributed by atoms with van der Waals surface area (Å²) in [5.41, 5.74) is 0.542. The number of likely N-dealkylation sites (tertiary alicyclic amines) is 1. The molecule has 3 rings (SSSR count). The molecule has 0 aromatic carbocycles. The Bertz CT molecular complexity index is 590. The Morgan fingerprint density at radius 1 is 1.32 bits per heavy atom. The zero-order valence-electron chi connectivity index (χ0n) is 15.4. The summed E-state index contributed by atoms with van der Waals surface area (Å²) in [4.78, 5) is 19.4. The quantitative estimate of drug-likeness (QED) is 0.889. The summed E-state index contributed by atoms with van der Waals surface area (Å²) < 4.78 is 5.77. The van der Waals surface area contributed by atoms with E-state index in [2.05, 4.69) is 18.8 Å². The molecule has 0 spiro atoms. The Morgan fingerprint density at radius 2 is 2.12 bits per heavy atom. The van der Waals surface area contributed by atoms with Crippen LogP contribution >= 0.6 is 0 Å². The van der Waals surface area contributed by atoms with Gasteiger partial charge in [0, 0.05) is 24.7 Å². The van der Waals surface area contributed by atoms with E-state index in [1.807, 2.05) is 4.90 Å². The number of pyridine rings is 1. The molecule has 2 aliphatic rings. The molecule has 25 heavy (non-hydrogen) atoms. The van der Waals surface area contributed by atoms with Gasteiger partial charge in [0.1, 0.15) is 5.56 Å². The van der Waals surface area contributed by atoms with E-state index < -0.39 is 0 Å². The van der Waals surface area contributed by atoms with Crippen molar-refractivity contribution in [2.24, 2.45) is 11.8 Å². The van der Waals surface area contributed by atoms with Crippen molar-refractivity contribution in [3.05, 3.63) is 23.9 Å². The molecule has 0 bridgehead atoms. The van der Waals surface area contributed by atoms with Crippen molar-refractivity contribution in [2.45, 2.75) is 64.5 Å². The van der Waals surface area contributed by atoms with Crippen molar-refractivity contribution in [1.82, 2.24) is 9.88 Å². The van der Waals surface area contributed by atoms with Gasteiger partial charge in [-0.3, -0.25) is 4.79 Å². The average Bonchev–Trinajstić information content (AvgIpc) is 3.09. The van der Waals surface area contributed by atoms with Gasteiger partial charge in [0.15, 0.2) is 0 Å². The van der Waals surface area contributed by atoms with Crippen LogP contribution in [0.2, 0.25) is 0 Å². The second-order valence-electron chi connectivity index (χ2n) is 7.78. The molecule has 138 valence electrons. The molecule has 5 heteroatoms. The highest BCUT2D eigenvalue weighted by Gasteiger charge is 2.39. The molecule has 1 saturated carbocycles. The summed E-state index contributed by atoms with van der Waals surface area (Å²) in [6.07, 6.45) is 7.48. The lowest BCUT2D eigenvalue weighted by Crippen LogP contribution is -2.45. The van der Waals surface area contributed by atoms with Crippen LogP contribution in [0.4, 0.5) is 0 Å². The molecule has 3 atom stereocenters. The summed E-state index contributed by atoms with van der Waals surface area (Å²) in [5, 5.41) is 10.4. The number of amides is 1. The van der Waals surface area contributed by atoms with Crippen molar-refractivity contribution in [3.8, 4) is 5.88 Å². The van der Waals surface area contributed by atoms with Crippen LogP contribution in [-0.2, 0) is 0 Å². The van der Waals surface area contributed by atoms with Gasteiger partial charge >= 0.3 is 0 Å². The van der Waals surface area contributed by atoms with Crippen LogP contribution in [0.3, 0.4) is 0 Å². The van der Waals surface area contributed by atoms with Gasteiger partial charge in [-0.1, -0.05) is 26.7 Å². The first-order valence-corrected chi connectivity index (χ1v) is 9.64. The Hall–Kier alpha value is -1.62. The van der Waals surface area contributed by atoms with Crippen LogP contribution in [0.25, 0.3) is 0 Å². The van der Waals surface area contributed by atoms with E-state index in [9.17, 15) is 9.90 Å². The minimum Gasteiger partial charge on any atom is -0.477 e. The van der Waals surface area contributed by atoms with E-state index in [0.29, 0.717) is 24.0 Å². The second kappa shape index (κ2) is 8.17. The molecule has 5 nitrogen and oxygen atoms in total. The monoisotopic (exact) mass is 346 g/mol. The molecule has 1 amide bonds. The second-order valence-corrected chi connectivity index (χ2v) is 7.78. The van der Waals surface area contributed by atoms with E-state index in [-0.39, 0.29) is 24.0 Å². The molecule has 1 saturated heterocycles. The smallest absolute Gasteiger partial charge is 0.259 e. The third-order valence-corrected chi connectivity index (χ3v) is 5.39. The molecular formula is C20H30N2O3. The van der Waals surface area contributed by atoms with E-state index in [1.54, 1.807) is 18.3 Å². The number of hydrogen-bond acceptors (Lipinski definition) is 4. The Balaban J connectivity index is 1.77. The molecule has 1 N–H and O–H groups in total. The SMILES string of the molecule is CC(C)COc1ncccc1C(=O)N1CCC[C@@H]1[C@H]1CCCC[C@H]1O. The van der Waals surface area contributed by atoms with Crippen LogP contribution in [0.1, 0.15) is 62.7 Å². The van der Waals surface area contributed by atoms with Gasteiger partial charge in [0.2, 0.25) is 5.88 Å². The first-order chi connectivity index (χ1) is 12.1. The fourth-order valence-electron chi connectivity index (χ4n) is 4.15. The average molecular weight is 346 g/mol. The molecule has 2 heterocycles. The zero-order chi connectivity index (χ0) is 17.8. The summed E-state index contributed by atoms with van der Waals surface area (Å²) in [7, 11) is 0. The van der Waals surface area contributed by atoms with E-state index in [0.717, 1.165) is 45.1 Å². The first kappa shape index (κ1) is 18.2. The van der Waals surface area contributed by atoms with Crippen molar-refractivity contribution in [3.63, 3.8) is 0 Å². The molecule has 2 fully saturated rings. The Labute approximate surface area is 150 Å². The molecule has 1 aliphatic heterocycles. The lowest BCUT2D eigenvalue weighted by molar-refractivity contribution is 0.0210. The summed E-state index contributed by atoms with van der Waals surface area (Å²) in [6, 6.07) is 3.73. The topological polar surface area (TPSA) is 62.7 Å². The van der Waals surface area contributed by atoms with E-state index in [1.165, 1.54) is 0 Å². The first-order valence-electron chi connectivity index (χ1n) is 9.64. The standard InChI is InChI=1S/C20H30N2O3/c1-14(2)13-25-19-16(8-5-11-21-19)20(24)22-12-6-9-17(22)15-7-3-4-10-18(15)23/h5,8,11,14-15,17-18,23H,3-4,6-7,9-10,12-13H2,1-2H3/t15-,17-,18-/m1/s1. The zero-order valence-corrected chi connectivity index (χ0v) is 15.4. The van der Waals surface area contributed by atoms with Crippen molar-refractivity contribution >= 4 is 5.91 Å². The normalized spacial score (nSPS) is 26.9. The Kier molecular flexibility index (Phi) is 5.94. The van der Waals surface area contributed by atoms with Crippen LogP contribution in [-0.4, -0.2) is 46.2 Å². The van der Waals surface area contributed by atoms with Crippen LogP contribution < -0.4 is 4.74 Å². The summed E-state index contributed by atoms with van der Waals surface area (Å²) >= 11 is 0. The number of aromatic nitrogens is 1. The van der Waals surface area contributed by atoms with Crippen LogP contribution in [0.5, 0.6) is 5.88 Å². The number of rotatable bonds is 5. The maximum atomic E-state index is 13.2. The van der Waals surface area contributed by atoms with Gasteiger partial charge in [-0.15, -0.1) is 0 Å². The molecule has 1 aliphatic carbocycles. The van der Waals surface area contributed by atoms with Crippen molar-refractivity contribution in [2.75, 3.05) is 13.2 Å².